The molecule has 1 fully saturated rings. The third-order valence-corrected chi connectivity index (χ3v) is 3.99. The summed E-state index contributed by atoms with van der Waals surface area (Å²) >= 11 is 0. The van der Waals surface area contributed by atoms with Crippen LogP contribution < -0.4 is 5.32 Å². The van der Waals surface area contributed by atoms with Crippen molar-refractivity contribution in [1.29, 1.82) is 0 Å². The minimum absolute atomic E-state index is 0.579. The number of nitrogens with one attached hydrogen (secondary N) is 1. The Bertz CT molecular complexity index is 253. The van der Waals surface area contributed by atoms with Crippen LogP contribution in [0.15, 0.2) is 0 Å². The van der Waals surface area contributed by atoms with Gasteiger partial charge in [0.1, 0.15) is 5.54 Å². The Kier molecular flexibility index (Phi) is 4.33. The van der Waals surface area contributed by atoms with Crippen LogP contribution in [0.2, 0.25) is 0 Å². The Balaban J connectivity index is 2.39. The summed E-state index contributed by atoms with van der Waals surface area (Å²) < 4.78 is 0. The quantitative estimate of drug-likeness (QED) is 0.687. The van der Waals surface area contributed by atoms with Gasteiger partial charge in [0.25, 0.3) is 0 Å². The summed E-state index contributed by atoms with van der Waals surface area (Å²) in [5, 5.41) is 12.0. The van der Waals surface area contributed by atoms with Gasteiger partial charge >= 0.3 is 5.97 Å². The Hall–Kier alpha value is -0.610. The maximum Gasteiger partial charge on any atom is 0.323 e. The third-order valence-electron chi connectivity index (χ3n) is 3.99. The van der Waals surface area contributed by atoms with Gasteiger partial charge in [-0.15, -0.1) is 0 Å². The second-order valence-corrected chi connectivity index (χ2v) is 5.20. The van der Waals surface area contributed by atoms with Crippen molar-refractivity contribution >= 4 is 5.97 Å². The van der Waals surface area contributed by atoms with Gasteiger partial charge in [0, 0.05) is 12.6 Å². The molecular weight excluding hydrogens is 204 g/mol. The van der Waals surface area contributed by atoms with E-state index in [4.69, 9.17) is 5.11 Å². The Morgan fingerprint density at radius 1 is 1.62 bits per heavy atom. The fraction of sp³-hybridized carbons (Fsp3) is 0.917. The lowest BCUT2D eigenvalue weighted by Gasteiger charge is -2.30. The Labute approximate surface area is 98.0 Å². The zero-order chi connectivity index (χ0) is 12.3. The second kappa shape index (κ2) is 5.15. The molecule has 1 rings (SSSR count). The molecule has 0 bridgehead atoms. The number of likely N-dealkylation sites (N-methyl/N-ethyl adjacent to an activating group) is 1. The number of aliphatic carboxylic acids is 1. The lowest BCUT2D eigenvalue weighted by molar-refractivity contribution is -0.144. The summed E-state index contributed by atoms with van der Waals surface area (Å²) in [6, 6.07) is 0.579. The minimum Gasteiger partial charge on any atom is -0.480 e. The van der Waals surface area contributed by atoms with Gasteiger partial charge in [-0.3, -0.25) is 4.79 Å². The number of carboxylic acid groups (broad SMARTS) is 1. The number of carboxylic acids is 1. The Morgan fingerprint density at radius 2 is 2.19 bits per heavy atom. The van der Waals surface area contributed by atoms with E-state index in [2.05, 4.69) is 24.2 Å². The van der Waals surface area contributed by atoms with Gasteiger partial charge < -0.3 is 15.3 Å². The maximum atomic E-state index is 11.1. The Morgan fingerprint density at radius 3 is 2.56 bits per heavy atom. The summed E-state index contributed by atoms with van der Waals surface area (Å²) in [5.74, 6) is 0.0538. The van der Waals surface area contributed by atoms with Crippen LogP contribution in [0.3, 0.4) is 0 Å². The first-order chi connectivity index (χ1) is 7.40. The standard InChI is InChI=1S/C12H24N2O2/c1-9(10-5-6-10)14(4)8-7-12(2,13-3)11(15)16/h9-10,13H,5-8H2,1-4H3,(H,15,16). The largest absolute Gasteiger partial charge is 0.480 e. The molecule has 0 spiro atoms. The summed E-state index contributed by atoms with van der Waals surface area (Å²) in [4.78, 5) is 13.4. The molecule has 0 aromatic carbocycles. The van der Waals surface area contributed by atoms with E-state index in [-0.39, 0.29) is 0 Å². The van der Waals surface area contributed by atoms with Crippen molar-refractivity contribution in [3.63, 3.8) is 0 Å². The summed E-state index contributed by atoms with van der Waals surface area (Å²) in [6.07, 6.45) is 3.29. The van der Waals surface area contributed by atoms with Crippen LogP contribution in [-0.4, -0.2) is 48.2 Å². The molecule has 1 aliphatic carbocycles. The van der Waals surface area contributed by atoms with Gasteiger partial charge in [-0.25, -0.2) is 0 Å². The highest BCUT2D eigenvalue weighted by Crippen LogP contribution is 2.34. The van der Waals surface area contributed by atoms with Crippen LogP contribution in [0.25, 0.3) is 0 Å². The highest BCUT2D eigenvalue weighted by atomic mass is 16.4. The smallest absolute Gasteiger partial charge is 0.323 e. The molecule has 4 nitrogen and oxygen atoms in total. The van der Waals surface area contributed by atoms with Crippen LogP contribution in [0, 0.1) is 5.92 Å². The monoisotopic (exact) mass is 228 g/mol. The van der Waals surface area contributed by atoms with Gasteiger partial charge in [-0.1, -0.05) is 0 Å². The third kappa shape index (κ3) is 3.19. The first-order valence-electron chi connectivity index (χ1n) is 6.03. The highest BCUT2D eigenvalue weighted by Gasteiger charge is 2.34. The van der Waals surface area contributed by atoms with E-state index in [0.717, 1.165) is 12.5 Å². The van der Waals surface area contributed by atoms with Gasteiger partial charge in [-0.2, -0.15) is 0 Å². The molecule has 4 heteroatoms. The average molecular weight is 228 g/mol. The van der Waals surface area contributed by atoms with Crippen molar-refractivity contribution < 1.29 is 9.90 Å². The lowest BCUT2D eigenvalue weighted by Crippen LogP contribution is -2.50. The molecule has 2 unspecified atom stereocenters. The van der Waals surface area contributed by atoms with E-state index in [9.17, 15) is 4.79 Å². The summed E-state index contributed by atoms with van der Waals surface area (Å²) in [6.45, 7) is 4.79. The van der Waals surface area contributed by atoms with E-state index >= 15 is 0 Å². The predicted molar refractivity (Wildman–Crippen MR) is 64.5 cm³/mol. The van der Waals surface area contributed by atoms with E-state index in [0.29, 0.717) is 12.5 Å². The molecule has 1 aliphatic rings. The van der Waals surface area contributed by atoms with Crippen LogP contribution in [0.1, 0.15) is 33.1 Å². The van der Waals surface area contributed by atoms with Gasteiger partial charge in [0.15, 0.2) is 0 Å². The van der Waals surface area contributed by atoms with Gasteiger partial charge in [0.05, 0.1) is 0 Å². The molecule has 0 aromatic heterocycles. The van der Waals surface area contributed by atoms with Gasteiger partial charge in [-0.05, 0) is 53.1 Å². The molecule has 0 radical (unpaired) electrons. The molecule has 2 N–H and O–H groups in total. The molecule has 16 heavy (non-hydrogen) atoms. The van der Waals surface area contributed by atoms with Crippen molar-refractivity contribution in [3.8, 4) is 0 Å². The molecule has 0 saturated heterocycles. The van der Waals surface area contributed by atoms with Crippen LogP contribution >= 0.6 is 0 Å². The highest BCUT2D eigenvalue weighted by molar-refractivity contribution is 5.78. The predicted octanol–water partition coefficient (Wildman–Crippen LogP) is 1.17. The molecular formula is C12H24N2O2. The zero-order valence-electron chi connectivity index (χ0n) is 10.8. The van der Waals surface area contributed by atoms with Crippen molar-refractivity contribution in [1.82, 2.24) is 10.2 Å². The normalized spacial score (nSPS) is 21.8. The van der Waals surface area contributed by atoms with Crippen molar-refractivity contribution in [2.45, 2.75) is 44.7 Å². The van der Waals surface area contributed by atoms with E-state index in [1.165, 1.54) is 12.8 Å². The lowest BCUT2D eigenvalue weighted by atomic mass is 9.97. The van der Waals surface area contributed by atoms with E-state index in [1.807, 2.05) is 0 Å². The molecule has 0 aliphatic heterocycles. The second-order valence-electron chi connectivity index (χ2n) is 5.20. The summed E-state index contributed by atoms with van der Waals surface area (Å²) in [7, 11) is 3.79. The molecule has 1 saturated carbocycles. The fourth-order valence-corrected chi connectivity index (χ4v) is 1.88. The molecule has 0 amide bonds. The number of hydrogen-bond donors (Lipinski definition) is 2. The molecule has 0 heterocycles. The molecule has 0 aromatic rings. The minimum atomic E-state index is -0.808. The van der Waals surface area contributed by atoms with Crippen LogP contribution in [0.5, 0.6) is 0 Å². The number of nitrogens with zero attached hydrogens (tertiary/aromatic N) is 1. The van der Waals surface area contributed by atoms with Crippen LogP contribution in [0.4, 0.5) is 0 Å². The van der Waals surface area contributed by atoms with E-state index < -0.39 is 11.5 Å². The maximum absolute atomic E-state index is 11.1. The SMILES string of the molecule is CNC(C)(CCN(C)C(C)C1CC1)C(=O)O. The average Bonchev–Trinajstić information content (AvgIpc) is 3.07. The fourth-order valence-electron chi connectivity index (χ4n) is 1.88. The first-order valence-corrected chi connectivity index (χ1v) is 6.03. The molecule has 2 atom stereocenters. The number of carbonyl (C=O) groups is 1. The topological polar surface area (TPSA) is 52.6 Å². The van der Waals surface area contributed by atoms with Crippen molar-refractivity contribution in [2.75, 3.05) is 20.6 Å². The van der Waals surface area contributed by atoms with Crippen molar-refractivity contribution in [2.24, 2.45) is 5.92 Å². The van der Waals surface area contributed by atoms with E-state index in [1.54, 1.807) is 14.0 Å². The van der Waals surface area contributed by atoms with Crippen LogP contribution in [-0.2, 0) is 4.79 Å². The van der Waals surface area contributed by atoms with Gasteiger partial charge in [0.2, 0.25) is 0 Å². The number of hydrogen-bond acceptors (Lipinski definition) is 3. The summed E-state index contributed by atoms with van der Waals surface area (Å²) in [5.41, 5.74) is -0.808. The zero-order valence-corrected chi connectivity index (χ0v) is 10.8. The first kappa shape index (κ1) is 13.5. The molecule has 94 valence electrons. The van der Waals surface area contributed by atoms with Crippen molar-refractivity contribution in [3.05, 3.63) is 0 Å². The number of rotatable bonds is 7.